The number of rotatable bonds is 4. The molecule has 6 heteroatoms. The molecule has 0 aliphatic heterocycles. The number of amides is 1. The van der Waals surface area contributed by atoms with Crippen molar-refractivity contribution < 1.29 is 17.6 Å². The first kappa shape index (κ1) is 15.2. The van der Waals surface area contributed by atoms with Crippen molar-refractivity contribution in [2.24, 2.45) is 0 Å². The minimum Gasteiger partial charge on any atom is -0.325 e. The smallest absolute Gasteiger partial charge is 0.228 e. The summed E-state index contributed by atoms with van der Waals surface area (Å²) in [5.41, 5.74) is 0.887. The molecule has 0 aliphatic carbocycles. The summed E-state index contributed by atoms with van der Waals surface area (Å²) in [5, 5.41) is 2.57. The van der Waals surface area contributed by atoms with Crippen molar-refractivity contribution in [2.45, 2.75) is 11.3 Å². The number of halogens is 1. The third-order valence-electron chi connectivity index (χ3n) is 2.84. The monoisotopic (exact) mass is 307 g/mol. The van der Waals surface area contributed by atoms with Crippen LogP contribution in [-0.2, 0) is 21.1 Å². The second kappa shape index (κ2) is 6.05. The van der Waals surface area contributed by atoms with E-state index in [0.717, 1.165) is 6.26 Å². The molecule has 0 saturated carbocycles. The highest BCUT2D eigenvalue weighted by Gasteiger charge is 2.14. The number of hydrogen-bond donors (Lipinski definition) is 1. The highest BCUT2D eigenvalue weighted by atomic mass is 32.2. The molecular weight excluding hydrogens is 293 g/mol. The Morgan fingerprint density at radius 3 is 2.33 bits per heavy atom. The lowest BCUT2D eigenvalue weighted by atomic mass is 10.1. The summed E-state index contributed by atoms with van der Waals surface area (Å²) in [5.74, 6) is -0.737. The van der Waals surface area contributed by atoms with Crippen LogP contribution in [0.25, 0.3) is 0 Å². The molecule has 0 aromatic heterocycles. The molecule has 0 atom stereocenters. The van der Waals surface area contributed by atoms with Gasteiger partial charge in [0.05, 0.1) is 17.0 Å². The Morgan fingerprint density at radius 1 is 1.10 bits per heavy atom. The van der Waals surface area contributed by atoms with Crippen molar-refractivity contribution in [3.8, 4) is 0 Å². The molecule has 0 spiro atoms. The maximum absolute atomic E-state index is 12.8. The zero-order valence-corrected chi connectivity index (χ0v) is 12.2. The van der Waals surface area contributed by atoms with Crippen molar-refractivity contribution in [3.63, 3.8) is 0 Å². The van der Waals surface area contributed by atoms with Crippen LogP contribution in [0.5, 0.6) is 0 Å². The summed E-state index contributed by atoms with van der Waals surface area (Å²) in [4.78, 5) is 12.0. The van der Waals surface area contributed by atoms with E-state index in [1.807, 2.05) is 0 Å². The summed E-state index contributed by atoms with van der Waals surface area (Å²) in [6, 6.07) is 11.8. The van der Waals surface area contributed by atoms with Gasteiger partial charge in [0.15, 0.2) is 9.84 Å². The normalized spacial score (nSPS) is 11.1. The fraction of sp³-hybridized carbons (Fsp3) is 0.133. The molecule has 0 bridgehead atoms. The van der Waals surface area contributed by atoms with E-state index < -0.39 is 9.84 Å². The highest BCUT2D eigenvalue weighted by molar-refractivity contribution is 7.90. The highest BCUT2D eigenvalue weighted by Crippen LogP contribution is 2.20. The molecular formula is C15H14FNO3S. The maximum Gasteiger partial charge on any atom is 0.228 e. The fourth-order valence-electron chi connectivity index (χ4n) is 1.88. The predicted molar refractivity (Wildman–Crippen MR) is 78.3 cm³/mol. The Kier molecular flexibility index (Phi) is 4.37. The third-order valence-corrected chi connectivity index (χ3v) is 3.99. The Hall–Kier alpha value is -2.21. The first-order valence-corrected chi connectivity index (χ1v) is 8.09. The molecule has 0 radical (unpaired) electrons. The molecule has 2 aromatic carbocycles. The van der Waals surface area contributed by atoms with E-state index >= 15 is 0 Å². The average molecular weight is 307 g/mol. The molecule has 21 heavy (non-hydrogen) atoms. The van der Waals surface area contributed by atoms with Crippen LogP contribution >= 0.6 is 0 Å². The van der Waals surface area contributed by atoms with Crippen molar-refractivity contribution in [1.29, 1.82) is 0 Å². The number of para-hydroxylation sites is 1. The summed E-state index contributed by atoms with van der Waals surface area (Å²) < 4.78 is 36.1. The van der Waals surface area contributed by atoms with Crippen molar-refractivity contribution in [3.05, 3.63) is 59.9 Å². The number of anilines is 1. The van der Waals surface area contributed by atoms with E-state index in [2.05, 4.69) is 5.32 Å². The molecule has 110 valence electrons. The second-order valence-electron chi connectivity index (χ2n) is 4.62. The van der Waals surface area contributed by atoms with Crippen LogP contribution < -0.4 is 5.32 Å². The van der Waals surface area contributed by atoms with Gasteiger partial charge in [-0.3, -0.25) is 4.79 Å². The minimum absolute atomic E-state index is 0.0401. The molecule has 0 saturated heterocycles. The Bertz CT molecular complexity index is 755. The molecule has 0 heterocycles. The molecule has 2 aromatic rings. The molecule has 1 N–H and O–H groups in total. The van der Waals surface area contributed by atoms with Crippen LogP contribution in [0.2, 0.25) is 0 Å². The number of nitrogens with one attached hydrogen (secondary N) is 1. The van der Waals surface area contributed by atoms with Crippen LogP contribution in [0.3, 0.4) is 0 Å². The Morgan fingerprint density at radius 2 is 1.71 bits per heavy atom. The quantitative estimate of drug-likeness (QED) is 0.943. The van der Waals surface area contributed by atoms with E-state index in [1.54, 1.807) is 12.1 Å². The van der Waals surface area contributed by atoms with Crippen molar-refractivity contribution >= 4 is 21.4 Å². The van der Waals surface area contributed by atoms with E-state index in [4.69, 9.17) is 0 Å². The van der Waals surface area contributed by atoms with Gasteiger partial charge in [-0.2, -0.15) is 0 Å². The van der Waals surface area contributed by atoms with Gasteiger partial charge in [-0.05, 0) is 29.8 Å². The van der Waals surface area contributed by atoms with Gasteiger partial charge in [0.1, 0.15) is 5.82 Å². The van der Waals surface area contributed by atoms with Crippen LogP contribution in [0.4, 0.5) is 10.1 Å². The number of benzene rings is 2. The van der Waals surface area contributed by atoms with Gasteiger partial charge in [-0.25, -0.2) is 12.8 Å². The number of sulfone groups is 1. The van der Waals surface area contributed by atoms with Crippen LogP contribution in [0.1, 0.15) is 5.56 Å². The average Bonchev–Trinajstić information content (AvgIpc) is 2.41. The third kappa shape index (κ3) is 4.13. The number of carbonyl (C=O) groups excluding carboxylic acids is 1. The lowest BCUT2D eigenvalue weighted by Gasteiger charge is -2.09. The summed E-state index contributed by atoms with van der Waals surface area (Å²) in [6.45, 7) is 0. The van der Waals surface area contributed by atoms with Gasteiger partial charge >= 0.3 is 0 Å². The van der Waals surface area contributed by atoms with Gasteiger partial charge in [0.25, 0.3) is 0 Å². The van der Waals surface area contributed by atoms with Crippen molar-refractivity contribution in [2.75, 3.05) is 11.6 Å². The Labute approximate surface area is 122 Å². The van der Waals surface area contributed by atoms with Gasteiger partial charge in [0, 0.05) is 6.26 Å². The summed E-state index contributed by atoms with van der Waals surface area (Å²) >= 11 is 0. The first-order valence-electron chi connectivity index (χ1n) is 6.19. The fourth-order valence-corrected chi connectivity index (χ4v) is 2.72. The second-order valence-corrected chi connectivity index (χ2v) is 6.60. The molecule has 4 nitrogen and oxygen atoms in total. The van der Waals surface area contributed by atoms with Gasteiger partial charge < -0.3 is 5.32 Å². The number of hydrogen-bond acceptors (Lipinski definition) is 3. The van der Waals surface area contributed by atoms with Gasteiger partial charge in [-0.1, -0.05) is 24.3 Å². The molecule has 1 amide bonds. The number of carbonyl (C=O) groups is 1. The maximum atomic E-state index is 12.8. The minimum atomic E-state index is -3.42. The summed E-state index contributed by atoms with van der Waals surface area (Å²) in [7, 11) is -3.42. The molecule has 0 unspecified atom stereocenters. The van der Waals surface area contributed by atoms with E-state index in [-0.39, 0.29) is 28.7 Å². The lowest BCUT2D eigenvalue weighted by molar-refractivity contribution is -0.115. The van der Waals surface area contributed by atoms with E-state index in [9.17, 15) is 17.6 Å². The summed E-state index contributed by atoms with van der Waals surface area (Å²) in [6.07, 6.45) is 1.12. The first-order chi connectivity index (χ1) is 9.86. The zero-order chi connectivity index (χ0) is 15.5. The molecule has 0 fully saturated rings. The predicted octanol–water partition coefficient (Wildman–Crippen LogP) is 2.41. The molecule has 0 aliphatic rings. The topological polar surface area (TPSA) is 63.2 Å². The zero-order valence-electron chi connectivity index (χ0n) is 11.3. The van der Waals surface area contributed by atoms with Crippen LogP contribution in [-0.4, -0.2) is 20.6 Å². The van der Waals surface area contributed by atoms with E-state index in [1.165, 1.54) is 36.4 Å². The van der Waals surface area contributed by atoms with Crippen LogP contribution in [0.15, 0.2) is 53.4 Å². The van der Waals surface area contributed by atoms with Crippen LogP contribution in [0, 0.1) is 5.82 Å². The molecule has 2 rings (SSSR count). The standard InChI is InChI=1S/C15H14FNO3S/c1-21(19,20)14-5-3-2-4-13(14)17-15(18)10-11-6-8-12(16)9-7-11/h2-9H,10H2,1H3,(H,17,18). The lowest BCUT2D eigenvalue weighted by Crippen LogP contribution is -2.16. The SMILES string of the molecule is CS(=O)(=O)c1ccccc1NC(=O)Cc1ccc(F)cc1. The van der Waals surface area contributed by atoms with Crippen molar-refractivity contribution in [1.82, 2.24) is 0 Å². The Balaban J connectivity index is 2.15. The largest absolute Gasteiger partial charge is 0.325 e. The van der Waals surface area contributed by atoms with Gasteiger partial charge in [-0.15, -0.1) is 0 Å². The van der Waals surface area contributed by atoms with E-state index in [0.29, 0.717) is 5.56 Å². The van der Waals surface area contributed by atoms with Gasteiger partial charge in [0.2, 0.25) is 5.91 Å².